The zero-order valence-corrected chi connectivity index (χ0v) is 19.1. The minimum atomic E-state index is -3.89. The maximum atomic E-state index is 13.2. The number of nitrogens with one attached hydrogen (secondary N) is 1. The number of rotatable bonds is 8. The highest BCUT2D eigenvalue weighted by Gasteiger charge is 2.27. The largest absolute Gasteiger partial charge is 0.351 e. The zero-order chi connectivity index (χ0) is 21.6. The van der Waals surface area contributed by atoms with Gasteiger partial charge in [0, 0.05) is 22.6 Å². The van der Waals surface area contributed by atoms with Crippen LogP contribution in [0.5, 0.6) is 0 Å². The number of amides is 1. The third-order valence-electron chi connectivity index (χ3n) is 4.38. The van der Waals surface area contributed by atoms with Crippen LogP contribution >= 0.6 is 27.5 Å². The maximum absolute atomic E-state index is 13.2. The summed E-state index contributed by atoms with van der Waals surface area (Å²) in [7, 11) is -3.89. The van der Waals surface area contributed by atoms with E-state index in [-0.39, 0.29) is 23.9 Å². The van der Waals surface area contributed by atoms with Crippen LogP contribution in [0, 0.1) is 0 Å². The Morgan fingerprint density at radius 2 is 1.53 bits per heavy atom. The Morgan fingerprint density at radius 1 is 0.900 bits per heavy atom. The number of benzene rings is 3. The number of carbonyl (C=O) groups excluding carboxylic acids is 1. The molecule has 5 nitrogen and oxygen atoms in total. The summed E-state index contributed by atoms with van der Waals surface area (Å²) < 4.78 is 28.4. The molecule has 3 aromatic rings. The highest BCUT2D eigenvalue weighted by Crippen LogP contribution is 2.21. The standard InChI is InChI=1S/C22H20BrClN2O3S/c23-19-8-12-21(13-9-19)30(28,29)26(15-18-6-10-20(24)11-7-18)16-22(27)25-14-17-4-2-1-3-5-17/h1-13H,14-16H2,(H,25,27). The fourth-order valence-corrected chi connectivity index (χ4v) is 4.56. The normalized spacial score (nSPS) is 11.4. The van der Waals surface area contributed by atoms with Gasteiger partial charge in [0.15, 0.2) is 0 Å². The second-order valence-electron chi connectivity index (χ2n) is 6.62. The lowest BCUT2D eigenvalue weighted by Gasteiger charge is -2.22. The Kier molecular flexibility index (Phi) is 7.66. The van der Waals surface area contributed by atoms with Crippen molar-refractivity contribution in [3.63, 3.8) is 0 Å². The molecule has 156 valence electrons. The Labute approximate surface area is 189 Å². The molecule has 0 aliphatic heterocycles. The molecule has 0 saturated heterocycles. The molecule has 1 amide bonds. The van der Waals surface area contributed by atoms with E-state index in [4.69, 9.17) is 11.6 Å². The molecule has 30 heavy (non-hydrogen) atoms. The van der Waals surface area contributed by atoms with E-state index in [0.29, 0.717) is 11.6 Å². The van der Waals surface area contributed by atoms with E-state index in [0.717, 1.165) is 15.6 Å². The molecule has 1 N–H and O–H groups in total. The lowest BCUT2D eigenvalue weighted by Crippen LogP contribution is -2.40. The van der Waals surface area contributed by atoms with E-state index in [1.54, 1.807) is 36.4 Å². The van der Waals surface area contributed by atoms with Gasteiger partial charge in [0.25, 0.3) is 0 Å². The number of sulfonamides is 1. The van der Waals surface area contributed by atoms with E-state index in [1.165, 1.54) is 16.4 Å². The van der Waals surface area contributed by atoms with Crippen LogP contribution in [0.25, 0.3) is 0 Å². The third kappa shape index (κ3) is 6.15. The molecular formula is C22H20BrClN2O3S. The van der Waals surface area contributed by atoms with Crippen molar-refractivity contribution >= 4 is 43.5 Å². The predicted octanol–water partition coefficient (Wildman–Crippen LogP) is 4.61. The molecule has 0 aliphatic rings. The lowest BCUT2D eigenvalue weighted by atomic mass is 10.2. The molecule has 0 fully saturated rings. The van der Waals surface area contributed by atoms with Crippen LogP contribution in [-0.2, 0) is 27.9 Å². The number of hydrogen-bond acceptors (Lipinski definition) is 3. The first kappa shape index (κ1) is 22.5. The summed E-state index contributed by atoms with van der Waals surface area (Å²) in [6.07, 6.45) is 0. The maximum Gasteiger partial charge on any atom is 0.243 e. The molecule has 0 saturated carbocycles. The Balaban J connectivity index is 1.80. The number of halogens is 2. The first-order valence-corrected chi connectivity index (χ1v) is 11.8. The molecule has 0 aliphatic carbocycles. The Hall–Kier alpha value is -2.19. The average molecular weight is 508 g/mol. The van der Waals surface area contributed by atoms with Crippen molar-refractivity contribution in [2.45, 2.75) is 18.0 Å². The molecule has 3 aromatic carbocycles. The molecule has 8 heteroatoms. The van der Waals surface area contributed by atoms with Gasteiger partial charge >= 0.3 is 0 Å². The fourth-order valence-electron chi connectivity index (χ4n) is 2.79. The van der Waals surface area contributed by atoms with Crippen molar-refractivity contribution in [1.29, 1.82) is 0 Å². The van der Waals surface area contributed by atoms with Gasteiger partial charge in [0.05, 0.1) is 11.4 Å². The van der Waals surface area contributed by atoms with Crippen molar-refractivity contribution in [2.24, 2.45) is 0 Å². The predicted molar refractivity (Wildman–Crippen MR) is 121 cm³/mol. The second-order valence-corrected chi connectivity index (χ2v) is 9.91. The monoisotopic (exact) mass is 506 g/mol. The summed E-state index contributed by atoms with van der Waals surface area (Å²) in [6.45, 7) is 0.0783. The van der Waals surface area contributed by atoms with Gasteiger partial charge in [0.2, 0.25) is 15.9 Å². The molecule has 0 atom stereocenters. The van der Waals surface area contributed by atoms with Gasteiger partial charge in [-0.05, 0) is 47.5 Å². The van der Waals surface area contributed by atoms with Crippen LogP contribution in [0.15, 0.2) is 88.2 Å². The highest BCUT2D eigenvalue weighted by molar-refractivity contribution is 9.10. The van der Waals surface area contributed by atoms with E-state index in [1.807, 2.05) is 30.3 Å². The van der Waals surface area contributed by atoms with Gasteiger partial charge in [0.1, 0.15) is 0 Å². The van der Waals surface area contributed by atoms with Crippen molar-refractivity contribution in [2.75, 3.05) is 6.54 Å². The van der Waals surface area contributed by atoms with Crippen LogP contribution in [0.3, 0.4) is 0 Å². The molecule has 0 bridgehead atoms. The van der Waals surface area contributed by atoms with Crippen molar-refractivity contribution in [3.8, 4) is 0 Å². The summed E-state index contributed by atoms with van der Waals surface area (Å²) in [6, 6.07) is 22.6. The molecule has 0 heterocycles. The van der Waals surface area contributed by atoms with Gasteiger partial charge in [-0.15, -0.1) is 0 Å². The van der Waals surface area contributed by atoms with Crippen LogP contribution in [-0.4, -0.2) is 25.2 Å². The molecule has 0 aromatic heterocycles. The molecular weight excluding hydrogens is 488 g/mol. The Bertz CT molecular complexity index is 1090. The summed E-state index contributed by atoms with van der Waals surface area (Å²) in [5.41, 5.74) is 1.67. The molecule has 3 rings (SSSR count). The highest BCUT2D eigenvalue weighted by atomic mass is 79.9. The summed E-state index contributed by atoms with van der Waals surface area (Å²) in [5, 5.41) is 3.34. The van der Waals surface area contributed by atoms with Crippen LogP contribution in [0.2, 0.25) is 5.02 Å². The topological polar surface area (TPSA) is 66.5 Å². The van der Waals surface area contributed by atoms with E-state index < -0.39 is 10.0 Å². The molecule has 0 spiro atoms. The minimum absolute atomic E-state index is 0.0499. The van der Waals surface area contributed by atoms with Gasteiger partial charge < -0.3 is 5.32 Å². The van der Waals surface area contributed by atoms with Crippen molar-refractivity contribution in [3.05, 3.63) is 99.5 Å². The zero-order valence-electron chi connectivity index (χ0n) is 16.0. The van der Waals surface area contributed by atoms with Crippen LogP contribution in [0.1, 0.15) is 11.1 Å². The third-order valence-corrected chi connectivity index (χ3v) is 6.96. The first-order chi connectivity index (χ1) is 14.3. The minimum Gasteiger partial charge on any atom is -0.351 e. The summed E-state index contributed by atoms with van der Waals surface area (Å²) in [4.78, 5) is 12.7. The van der Waals surface area contributed by atoms with E-state index in [9.17, 15) is 13.2 Å². The van der Waals surface area contributed by atoms with Crippen LogP contribution in [0.4, 0.5) is 0 Å². The quantitative estimate of drug-likeness (QED) is 0.484. The smallest absolute Gasteiger partial charge is 0.243 e. The SMILES string of the molecule is O=C(CN(Cc1ccc(Cl)cc1)S(=O)(=O)c1ccc(Br)cc1)NCc1ccccc1. The van der Waals surface area contributed by atoms with Gasteiger partial charge in [-0.2, -0.15) is 4.31 Å². The van der Waals surface area contributed by atoms with Gasteiger partial charge in [-0.1, -0.05) is 70.0 Å². The molecule has 0 radical (unpaired) electrons. The molecule has 0 unspecified atom stereocenters. The first-order valence-electron chi connectivity index (χ1n) is 9.15. The number of nitrogens with zero attached hydrogens (tertiary/aromatic N) is 1. The average Bonchev–Trinajstić information content (AvgIpc) is 2.74. The number of hydrogen-bond donors (Lipinski definition) is 1. The van der Waals surface area contributed by atoms with Gasteiger partial charge in [-0.25, -0.2) is 8.42 Å². The second kappa shape index (κ2) is 10.2. The van der Waals surface area contributed by atoms with Crippen molar-refractivity contribution in [1.82, 2.24) is 9.62 Å². The summed E-state index contributed by atoms with van der Waals surface area (Å²) in [5.74, 6) is -0.381. The van der Waals surface area contributed by atoms with E-state index in [2.05, 4.69) is 21.2 Å². The van der Waals surface area contributed by atoms with Gasteiger partial charge in [-0.3, -0.25) is 4.79 Å². The summed E-state index contributed by atoms with van der Waals surface area (Å²) >= 11 is 9.24. The lowest BCUT2D eigenvalue weighted by molar-refractivity contribution is -0.121. The van der Waals surface area contributed by atoms with Crippen LogP contribution < -0.4 is 5.32 Å². The Morgan fingerprint density at radius 3 is 2.17 bits per heavy atom. The number of carbonyl (C=O) groups is 1. The van der Waals surface area contributed by atoms with Crippen molar-refractivity contribution < 1.29 is 13.2 Å². The van der Waals surface area contributed by atoms with E-state index >= 15 is 0 Å². The fraction of sp³-hybridized carbons (Fsp3) is 0.136.